The molecule has 0 aliphatic carbocycles. The van der Waals surface area contributed by atoms with Gasteiger partial charge in [0.2, 0.25) is 15.9 Å². The van der Waals surface area contributed by atoms with Crippen LogP contribution in [0.3, 0.4) is 0 Å². The predicted octanol–water partition coefficient (Wildman–Crippen LogP) is 5.48. The third kappa shape index (κ3) is 5.42. The number of halogens is 4. The molecule has 0 aliphatic rings. The molecule has 146 valence electrons. The fraction of sp³-hybridized carbons (Fsp3) is 0.235. The minimum Gasteiger partial charge on any atom is -0.323 e. The molecule has 0 saturated heterocycles. The van der Waals surface area contributed by atoms with Gasteiger partial charge >= 0.3 is 0 Å². The van der Waals surface area contributed by atoms with Crippen LogP contribution in [-0.4, -0.2) is 26.6 Å². The van der Waals surface area contributed by atoms with Gasteiger partial charge in [-0.15, -0.1) is 0 Å². The highest BCUT2D eigenvalue weighted by Gasteiger charge is 2.32. The number of rotatable bonds is 6. The van der Waals surface area contributed by atoms with Crippen molar-refractivity contribution in [2.24, 2.45) is 0 Å². The molecule has 0 heterocycles. The molecule has 2 aromatic rings. The first-order valence-corrected chi connectivity index (χ1v) is 11.1. The van der Waals surface area contributed by atoms with Gasteiger partial charge in [-0.1, -0.05) is 59.4 Å². The molecule has 1 atom stereocenters. The molecule has 0 aromatic heterocycles. The van der Waals surface area contributed by atoms with Crippen LogP contribution >= 0.6 is 46.4 Å². The molecule has 2 rings (SSSR count). The van der Waals surface area contributed by atoms with E-state index in [2.05, 4.69) is 5.32 Å². The van der Waals surface area contributed by atoms with E-state index < -0.39 is 22.0 Å². The van der Waals surface area contributed by atoms with Crippen molar-refractivity contribution in [3.05, 3.63) is 56.5 Å². The maximum atomic E-state index is 12.9. The van der Waals surface area contributed by atoms with E-state index in [1.165, 1.54) is 18.2 Å². The van der Waals surface area contributed by atoms with Crippen LogP contribution in [0.2, 0.25) is 20.1 Å². The minimum absolute atomic E-state index is 0.182. The van der Waals surface area contributed by atoms with E-state index in [1.54, 1.807) is 25.1 Å². The Morgan fingerprint density at radius 2 is 1.70 bits per heavy atom. The number of nitrogens with zero attached hydrogens (tertiary/aromatic N) is 1. The second kappa shape index (κ2) is 8.88. The van der Waals surface area contributed by atoms with Gasteiger partial charge in [-0.05, 0) is 36.8 Å². The zero-order chi connectivity index (χ0) is 20.4. The Labute approximate surface area is 178 Å². The van der Waals surface area contributed by atoms with Crippen LogP contribution in [0, 0.1) is 0 Å². The Bertz CT molecular complexity index is 967. The molecule has 27 heavy (non-hydrogen) atoms. The highest BCUT2D eigenvalue weighted by Crippen LogP contribution is 2.33. The number of hydrogen-bond acceptors (Lipinski definition) is 3. The summed E-state index contributed by atoms with van der Waals surface area (Å²) in [5, 5.41) is 3.59. The number of nitrogens with one attached hydrogen (secondary N) is 1. The third-order valence-electron chi connectivity index (χ3n) is 3.66. The summed E-state index contributed by atoms with van der Waals surface area (Å²) < 4.78 is 25.8. The summed E-state index contributed by atoms with van der Waals surface area (Å²) in [6, 6.07) is 8.04. The van der Waals surface area contributed by atoms with Crippen molar-refractivity contribution in [3.8, 4) is 0 Å². The fourth-order valence-electron chi connectivity index (χ4n) is 2.51. The first kappa shape index (κ1) is 22.1. The van der Waals surface area contributed by atoms with Gasteiger partial charge in [-0.3, -0.25) is 9.10 Å². The molecule has 0 spiro atoms. The molecular formula is C17H16Cl4N2O3S. The lowest BCUT2D eigenvalue weighted by atomic mass is 10.2. The zero-order valence-corrected chi connectivity index (χ0v) is 18.2. The molecule has 0 unspecified atom stereocenters. The maximum absolute atomic E-state index is 12.9. The molecule has 0 fully saturated rings. The summed E-state index contributed by atoms with van der Waals surface area (Å²) >= 11 is 23.9. The van der Waals surface area contributed by atoms with Crippen molar-refractivity contribution in [3.63, 3.8) is 0 Å². The summed E-state index contributed by atoms with van der Waals surface area (Å²) in [7, 11) is -3.77. The lowest BCUT2D eigenvalue weighted by Crippen LogP contribution is -2.47. The summed E-state index contributed by atoms with van der Waals surface area (Å²) in [5.74, 6) is -0.566. The number of sulfonamides is 1. The quantitative estimate of drug-likeness (QED) is 0.569. The SMILES string of the molecule is CC[C@@H](C(=O)Nc1cc(Cl)c(Cl)cc1Cl)N(c1cccc(Cl)c1)S(C)(=O)=O. The Morgan fingerprint density at radius 3 is 2.26 bits per heavy atom. The monoisotopic (exact) mass is 468 g/mol. The summed E-state index contributed by atoms with van der Waals surface area (Å²) in [4.78, 5) is 12.9. The summed E-state index contributed by atoms with van der Waals surface area (Å²) in [6.07, 6.45) is 1.24. The molecule has 1 amide bonds. The zero-order valence-electron chi connectivity index (χ0n) is 14.3. The lowest BCUT2D eigenvalue weighted by Gasteiger charge is -2.30. The molecular weight excluding hydrogens is 454 g/mol. The predicted molar refractivity (Wildman–Crippen MR) is 113 cm³/mol. The Balaban J connectivity index is 2.42. The first-order chi connectivity index (χ1) is 12.5. The summed E-state index contributed by atoms with van der Waals surface area (Å²) in [5.41, 5.74) is 0.515. The van der Waals surface area contributed by atoms with Gasteiger partial charge in [-0.2, -0.15) is 0 Å². The first-order valence-electron chi connectivity index (χ1n) is 7.75. The van der Waals surface area contributed by atoms with Crippen LogP contribution in [0.25, 0.3) is 0 Å². The molecule has 0 bridgehead atoms. The van der Waals surface area contributed by atoms with E-state index in [0.29, 0.717) is 5.02 Å². The van der Waals surface area contributed by atoms with E-state index in [9.17, 15) is 13.2 Å². The molecule has 2 aromatic carbocycles. The number of anilines is 2. The Morgan fingerprint density at radius 1 is 1.07 bits per heavy atom. The smallest absolute Gasteiger partial charge is 0.248 e. The average molecular weight is 470 g/mol. The molecule has 0 aliphatic heterocycles. The highest BCUT2D eigenvalue weighted by atomic mass is 35.5. The molecule has 5 nitrogen and oxygen atoms in total. The number of hydrogen-bond donors (Lipinski definition) is 1. The van der Waals surface area contributed by atoms with Gasteiger partial charge in [0.25, 0.3) is 0 Å². The van der Waals surface area contributed by atoms with Crippen molar-refractivity contribution in [2.75, 3.05) is 15.9 Å². The third-order valence-corrected chi connectivity index (χ3v) is 6.11. The van der Waals surface area contributed by atoms with Crippen LogP contribution in [0.15, 0.2) is 36.4 Å². The Kier molecular flexibility index (Phi) is 7.27. The largest absolute Gasteiger partial charge is 0.323 e. The maximum Gasteiger partial charge on any atom is 0.248 e. The van der Waals surface area contributed by atoms with E-state index in [1.807, 2.05) is 0 Å². The molecule has 0 radical (unpaired) electrons. The van der Waals surface area contributed by atoms with Gasteiger partial charge in [0.1, 0.15) is 6.04 Å². The van der Waals surface area contributed by atoms with Crippen LogP contribution in [0.4, 0.5) is 11.4 Å². The number of carbonyl (C=O) groups excluding carboxylic acids is 1. The van der Waals surface area contributed by atoms with Crippen molar-refractivity contribution in [2.45, 2.75) is 19.4 Å². The standard InChI is InChI=1S/C17H16Cl4N2O3S/c1-3-16(17(24)22-15-9-13(20)12(19)8-14(15)21)23(27(2,25)26)11-6-4-5-10(18)7-11/h4-9,16H,3H2,1-2H3,(H,22,24)/t16-/m0/s1. The van der Waals surface area contributed by atoms with Crippen molar-refractivity contribution >= 4 is 73.7 Å². The van der Waals surface area contributed by atoms with E-state index in [4.69, 9.17) is 46.4 Å². The van der Waals surface area contributed by atoms with Gasteiger partial charge < -0.3 is 5.32 Å². The van der Waals surface area contributed by atoms with Crippen molar-refractivity contribution in [1.29, 1.82) is 0 Å². The minimum atomic E-state index is -3.77. The molecule has 0 saturated carbocycles. The van der Waals surface area contributed by atoms with Crippen molar-refractivity contribution in [1.82, 2.24) is 0 Å². The van der Waals surface area contributed by atoms with Gasteiger partial charge in [0, 0.05) is 5.02 Å². The van der Waals surface area contributed by atoms with E-state index in [0.717, 1.165) is 10.6 Å². The van der Waals surface area contributed by atoms with E-state index >= 15 is 0 Å². The normalized spacial score (nSPS) is 12.5. The van der Waals surface area contributed by atoms with Gasteiger partial charge in [0.15, 0.2) is 0 Å². The van der Waals surface area contributed by atoms with Crippen LogP contribution in [0.5, 0.6) is 0 Å². The topological polar surface area (TPSA) is 66.5 Å². The van der Waals surface area contributed by atoms with Crippen molar-refractivity contribution < 1.29 is 13.2 Å². The second-order valence-corrected chi connectivity index (χ2v) is 9.22. The average Bonchev–Trinajstić information content (AvgIpc) is 2.56. The Hall–Kier alpha value is -1.18. The number of amides is 1. The molecule has 10 heteroatoms. The van der Waals surface area contributed by atoms with Crippen LogP contribution in [-0.2, 0) is 14.8 Å². The number of benzene rings is 2. The van der Waals surface area contributed by atoms with Crippen LogP contribution < -0.4 is 9.62 Å². The van der Waals surface area contributed by atoms with Gasteiger partial charge in [-0.25, -0.2) is 8.42 Å². The second-order valence-electron chi connectivity index (χ2n) is 5.70. The van der Waals surface area contributed by atoms with Gasteiger partial charge in [0.05, 0.1) is 32.7 Å². The highest BCUT2D eigenvalue weighted by molar-refractivity contribution is 7.92. The number of carbonyl (C=O) groups is 1. The molecule has 1 N–H and O–H groups in total. The summed E-state index contributed by atoms with van der Waals surface area (Å²) in [6.45, 7) is 1.70. The fourth-order valence-corrected chi connectivity index (χ4v) is 4.49. The van der Waals surface area contributed by atoms with Crippen LogP contribution in [0.1, 0.15) is 13.3 Å². The lowest BCUT2D eigenvalue weighted by molar-refractivity contribution is -0.117. The van der Waals surface area contributed by atoms with E-state index in [-0.39, 0.29) is 32.9 Å².